The highest BCUT2D eigenvalue weighted by atomic mass is 79.9. The number of benzene rings is 1. The Morgan fingerprint density at radius 2 is 1.95 bits per heavy atom. The van der Waals surface area contributed by atoms with Crippen molar-refractivity contribution in [3.8, 4) is 0 Å². The van der Waals surface area contributed by atoms with Gasteiger partial charge in [-0.25, -0.2) is 0 Å². The van der Waals surface area contributed by atoms with Crippen LogP contribution in [0, 0.1) is 6.92 Å². The highest BCUT2D eigenvalue weighted by molar-refractivity contribution is 9.10. The summed E-state index contributed by atoms with van der Waals surface area (Å²) in [7, 11) is 0. The third-order valence-corrected chi connectivity index (χ3v) is 5.24. The van der Waals surface area contributed by atoms with Gasteiger partial charge in [-0.15, -0.1) is 11.3 Å². The maximum atomic E-state index is 5.51. The molecule has 1 aromatic carbocycles. The molecule has 0 amide bonds. The summed E-state index contributed by atoms with van der Waals surface area (Å²) < 4.78 is 6.72. The topological polar surface area (TPSA) is 21.3 Å². The number of aryl methyl sites for hydroxylation is 1. The van der Waals surface area contributed by atoms with Crippen molar-refractivity contribution in [1.29, 1.82) is 0 Å². The van der Waals surface area contributed by atoms with Crippen LogP contribution in [0.15, 0.2) is 34.8 Å². The average molecular weight is 354 g/mol. The number of hydrogen-bond donors (Lipinski definition) is 1. The maximum Gasteiger partial charge on any atom is 0.0719 e. The van der Waals surface area contributed by atoms with Gasteiger partial charge in [-0.05, 0) is 47.0 Å². The van der Waals surface area contributed by atoms with Gasteiger partial charge in [-0.2, -0.15) is 0 Å². The molecule has 0 aliphatic carbocycles. The fraction of sp³-hybridized carbons (Fsp3) is 0.375. The van der Waals surface area contributed by atoms with E-state index < -0.39 is 0 Å². The fourth-order valence-corrected chi connectivity index (χ4v) is 3.58. The summed E-state index contributed by atoms with van der Waals surface area (Å²) in [5.41, 5.74) is 2.58. The number of nitrogens with one attached hydrogen (secondary N) is 1. The van der Waals surface area contributed by atoms with Crippen LogP contribution in [0.25, 0.3) is 0 Å². The van der Waals surface area contributed by atoms with Gasteiger partial charge in [0.05, 0.1) is 6.61 Å². The number of rotatable bonds is 7. The Labute approximate surface area is 133 Å². The van der Waals surface area contributed by atoms with E-state index in [1.54, 1.807) is 0 Å². The summed E-state index contributed by atoms with van der Waals surface area (Å²) in [5, 5.41) is 3.51. The quantitative estimate of drug-likeness (QED) is 0.782. The van der Waals surface area contributed by atoms with Gasteiger partial charge in [0.2, 0.25) is 0 Å². The molecule has 1 N–H and O–H groups in total. The van der Waals surface area contributed by atoms with Crippen LogP contribution >= 0.6 is 27.3 Å². The van der Waals surface area contributed by atoms with Crippen molar-refractivity contribution in [2.75, 3.05) is 6.61 Å². The number of ether oxygens (including phenoxy) is 1. The van der Waals surface area contributed by atoms with Gasteiger partial charge in [0, 0.05) is 33.9 Å². The van der Waals surface area contributed by atoms with E-state index in [4.69, 9.17) is 4.74 Å². The minimum Gasteiger partial charge on any atom is -0.377 e. The van der Waals surface area contributed by atoms with Crippen LogP contribution in [0.4, 0.5) is 0 Å². The van der Waals surface area contributed by atoms with Crippen molar-refractivity contribution < 1.29 is 4.74 Å². The van der Waals surface area contributed by atoms with Crippen LogP contribution in [-0.2, 0) is 24.4 Å². The van der Waals surface area contributed by atoms with Gasteiger partial charge in [-0.1, -0.05) is 24.3 Å². The minimum atomic E-state index is 0.692. The Kier molecular flexibility index (Phi) is 6.23. The third kappa shape index (κ3) is 4.42. The Balaban J connectivity index is 1.90. The second-order valence-corrected chi connectivity index (χ2v) is 6.82. The molecule has 0 spiro atoms. The molecule has 1 aromatic heterocycles. The molecule has 0 saturated carbocycles. The first-order valence-corrected chi connectivity index (χ1v) is 8.41. The smallest absolute Gasteiger partial charge is 0.0719 e. The molecule has 0 aliphatic rings. The van der Waals surface area contributed by atoms with E-state index in [0.29, 0.717) is 6.61 Å². The van der Waals surface area contributed by atoms with E-state index in [1.807, 2.05) is 18.3 Å². The van der Waals surface area contributed by atoms with Crippen LogP contribution in [0.5, 0.6) is 0 Å². The van der Waals surface area contributed by atoms with Crippen molar-refractivity contribution in [1.82, 2.24) is 5.32 Å². The molecule has 1 heterocycles. The summed E-state index contributed by atoms with van der Waals surface area (Å²) in [4.78, 5) is 2.69. The molecule has 2 rings (SSSR count). The zero-order valence-electron chi connectivity index (χ0n) is 11.9. The predicted octanol–water partition coefficient (Wildman–Crippen LogP) is 4.65. The standard InChI is InChI=1S/C16H20BrNOS/c1-3-19-11-14-7-5-4-6-13(14)9-18-10-15-8-16(17)12(2)20-15/h4-8,18H,3,9-11H2,1-2H3. The monoisotopic (exact) mass is 353 g/mol. The predicted molar refractivity (Wildman–Crippen MR) is 89.1 cm³/mol. The molecule has 0 saturated heterocycles. The normalized spacial score (nSPS) is 10.9. The van der Waals surface area contributed by atoms with E-state index in [1.165, 1.54) is 25.4 Å². The maximum absolute atomic E-state index is 5.51. The van der Waals surface area contributed by atoms with Gasteiger partial charge in [0.1, 0.15) is 0 Å². The van der Waals surface area contributed by atoms with Crippen molar-refractivity contribution in [3.05, 3.63) is 55.7 Å². The molecule has 20 heavy (non-hydrogen) atoms. The van der Waals surface area contributed by atoms with Crippen LogP contribution in [0.2, 0.25) is 0 Å². The van der Waals surface area contributed by atoms with E-state index >= 15 is 0 Å². The first-order valence-electron chi connectivity index (χ1n) is 6.80. The molecule has 0 unspecified atom stereocenters. The Bertz CT molecular complexity index is 534. The van der Waals surface area contributed by atoms with Crippen molar-refractivity contribution >= 4 is 27.3 Å². The number of halogens is 1. The largest absolute Gasteiger partial charge is 0.377 e. The average Bonchev–Trinajstić information content (AvgIpc) is 2.76. The molecule has 0 atom stereocenters. The zero-order valence-corrected chi connectivity index (χ0v) is 14.3. The zero-order chi connectivity index (χ0) is 14.4. The van der Waals surface area contributed by atoms with E-state index in [2.05, 4.69) is 58.5 Å². The third-order valence-electron chi connectivity index (χ3n) is 3.10. The first-order chi connectivity index (χ1) is 9.70. The van der Waals surface area contributed by atoms with Gasteiger partial charge >= 0.3 is 0 Å². The molecule has 108 valence electrons. The lowest BCUT2D eigenvalue weighted by Gasteiger charge is -2.10. The molecule has 2 nitrogen and oxygen atoms in total. The van der Waals surface area contributed by atoms with Crippen molar-refractivity contribution in [2.45, 2.75) is 33.5 Å². The van der Waals surface area contributed by atoms with E-state index in [9.17, 15) is 0 Å². The van der Waals surface area contributed by atoms with Gasteiger partial charge in [0.15, 0.2) is 0 Å². The molecule has 4 heteroatoms. The first kappa shape index (κ1) is 15.7. The second-order valence-electron chi connectivity index (χ2n) is 4.63. The summed E-state index contributed by atoms with van der Waals surface area (Å²) in [6.07, 6.45) is 0. The van der Waals surface area contributed by atoms with Crippen molar-refractivity contribution in [2.24, 2.45) is 0 Å². The number of hydrogen-bond acceptors (Lipinski definition) is 3. The Morgan fingerprint density at radius 1 is 1.20 bits per heavy atom. The van der Waals surface area contributed by atoms with Gasteiger partial charge in [-0.3, -0.25) is 0 Å². The van der Waals surface area contributed by atoms with Gasteiger partial charge in [0.25, 0.3) is 0 Å². The lowest BCUT2D eigenvalue weighted by Crippen LogP contribution is -2.13. The highest BCUT2D eigenvalue weighted by Crippen LogP contribution is 2.26. The molecule has 0 fully saturated rings. The fourth-order valence-electron chi connectivity index (χ4n) is 2.01. The number of thiophene rings is 1. The SMILES string of the molecule is CCOCc1ccccc1CNCc1cc(Br)c(C)s1. The molecule has 2 aromatic rings. The lowest BCUT2D eigenvalue weighted by molar-refractivity contribution is 0.133. The van der Waals surface area contributed by atoms with Crippen LogP contribution in [-0.4, -0.2) is 6.61 Å². The molecule has 0 aliphatic heterocycles. The summed E-state index contributed by atoms with van der Waals surface area (Å²) >= 11 is 5.39. The lowest BCUT2D eigenvalue weighted by atomic mass is 10.1. The summed E-state index contributed by atoms with van der Waals surface area (Å²) in [6, 6.07) is 10.6. The summed E-state index contributed by atoms with van der Waals surface area (Å²) in [6.45, 7) is 7.38. The van der Waals surface area contributed by atoms with Crippen LogP contribution < -0.4 is 5.32 Å². The Morgan fingerprint density at radius 3 is 2.60 bits per heavy atom. The van der Waals surface area contributed by atoms with E-state index in [0.717, 1.165) is 19.7 Å². The van der Waals surface area contributed by atoms with E-state index in [-0.39, 0.29) is 0 Å². The van der Waals surface area contributed by atoms with Gasteiger partial charge < -0.3 is 10.1 Å². The van der Waals surface area contributed by atoms with Crippen LogP contribution in [0.1, 0.15) is 27.8 Å². The molecular weight excluding hydrogens is 334 g/mol. The second kappa shape index (κ2) is 7.93. The molecule has 0 bridgehead atoms. The molecule has 0 radical (unpaired) electrons. The summed E-state index contributed by atoms with van der Waals surface area (Å²) in [5.74, 6) is 0. The minimum absolute atomic E-state index is 0.692. The molecular formula is C16H20BrNOS. The van der Waals surface area contributed by atoms with Crippen LogP contribution in [0.3, 0.4) is 0 Å². The van der Waals surface area contributed by atoms with Crippen molar-refractivity contribution in [3.63, 3.8) is 0 Å². The Hall–Kier alpha value is -0.680. The highest BCUT2D eigenvalue weighted by Gasteiger charge is 2.04.